The normalized spacial score (nSPS) is 11.8. The van der Waals surface area contributed by atoms with Gasteiger partial charge in [0.25, 0.3) is 0 Å². The molecule has 0 heterocycles. The highest BCUT2D eigenvalue weighted by molar-refractivity contribution is 5.94. The van der Waals surface area contributed by atoms with Crippen molar-refractivity contribution in [1.82, 2.24) is 0 Å². The van der Waals surface area contributed by atoms with Crippen LogP contribution in [0.1, 0.15) is 30.0 Å². The van der Waals surface area contributed by atoms with Crippen LogP contribution in [0.5, 0.6) is 0 Å². The molecule has 3 N–H and O–H groups in total. The molecule has 0 saturated heterocycles. The number of carbonyl (C=O) groups is 2. The number of aliphatic carboxylic acids is 1. The van der Waals surface area contributed by atoms with Gasteiger partial charge in [-0.05, 0) is 30.0 Å². The zero-order chi connectivity index (χ0) is 18.9. The van der Waals surface area contributed by atoms with Crippen LogP contribution in [-0.4, -0.2) is 24.5 Å². The maximum absolute atomic E-state index is 12.4. The van der Waals surface area contributed by atoms with E-state index in [4.69, 9.17) is 0 Å². The summed E-state index contributed by atoms with van der Waals surface area (Å²) in [6, 6.07) is 14.8. The second kappa shape index (κ2) is 9.73. The third-order valence-corrected chi connectivity index (χ3v) is 4.44. The van der Waals surface area contributed by atoms with Crippen LogP contribution in [0.4, 0.5) is 5.69 Å². The van der Waals surface area contributed by atoms with E-state index in [0.29, 0.717) is 6.54 Å². The molecule has 0 saturated carbocycles. The number of nitrogens with two attached hydrogens (primary N) is 1. The molecule has 0 aliphatic heterocycles. The summed E-state index contributed by atoms with van der Waals surface area (Å²) in [6.07, 6.45) is 1.42. The topological polar surface area (TPSA) is 85.8 Å². The van der Waals surface area contributed by atoms with Gasteiger partial charge in [-0.1, -0.05) is 55.5 Å². The minimum Gasteiger partial charge on any atom is -0.544 e. The van der Waals surface area contributed by atoms with Crippen LogP contribution in [0.15, 0.2) is 48.5 Å². The molecule has 0 aromatic heterocycles. The molecule has 26 heavy (non-hydrogen) atoms. The Bertz CT molecular complexity index is 744. The van der Waals surface area contributed by atoms with Crippen molar-refractivity contribution in [2.45, 2.75) is 39.2 Å². The van der Waals surface area contributed by atoms with Gasteiger partial charge in [-0.2, -0.15) is 0 Å². The Morgan fingerprint density at radius 2 is 1.85 bits per heavy atom. The van der Waals surface area contributed by atoms with Gasteiger partial charge >= 0.3 is 0 Å². The molecule has 0 fully saturated rings. The first-order valence-corrected chi connectivity index (χ1v) is 8.97. The molecule has 5 nitrogen and oxygen atoms in total. The smallest absolute Gasteiger partial charge is 0.230 e. The number of hydrogen-bond donors (Lipinski definition) is 2. The average Bonchev–Trinajstić information content (AvgIpc) is 2.63. The van der Waals surface area contributed by atoms with Gasteiger partial charge < -0.3 is 20.5 Å². The summed E-state index contributed by atoms with van der Waals surface area (Å²) in [7, 11) is 0. The van der Waals surface area contributed by atoms with Crippen molar-refractivity contribution < 1.29 is 20.0 Å². The van der Waals surface area contributed by atoms with Crippen LogP contribution < -0.4 is 15.7 Å². The molecular formula is C21H26N2O3. The standard InChI is InChI=1S/C21H26N2O3/c1-3-17-11-7-8-15(2)20(17)23-19(24)14-18(21(25)26)22-13-12-16-9-5-4-6-10-16/h4-11,18,22H,3,12-14H2,1-2H3,(H,23,24)(H,25,26)/t18-/m0/s1. The number of aryl methyl sites for hydroxylation is 2. The van der Waals surface area contributed by atoms with E-state index in [9.17, 15) is 14.7 Å². The molecule has 2 rings (SSSR count). The number of nitrogens with one attached hydrogen (secondary N) is 1. The van der Waals surface area contributed by atoms with E-state index in [-0.39, 0.29) is 12.3 Å². The van der Waals surface area contributed by atoms with Crippen LogP contribution in [0.25, 0.3) is 0 Å². The number of quaternary nitrogens is 1. The first-order chi connectivity index (χ1) is 12.5. The Morgan fingerprint density at radius 3 is 2.50 bits per heavy atom. The SMILES string of the molecule is CCc1cccc(C)c1NC(=O)C[C@H]([NH2+]CCc1ccccc1)C(=O)[O-]. The van der Waals surface area contributed by atoms with Crippen LogP contribution in [0, 0.1) is 6.92 Å². The van der Waals surface area contributed by atoms with Crippen LogP contribution >= 0.6 is 0 Å². The predicted molar refractivity (Wildman–Crippen MR) is 99.5 cm³/mol. The van der Waals surface area contributed by atoms with Gasteiger partial charge in [0.15, 0.2) is 0 Å². The molecule has 5 heteroatoms. The minimum absolute atomic E-state index is 0.116. The van der Waals surface area contributed by atoms with Gasteiger partial charge in [0.1, 0.15) is 6.04 Å². The number of anilines is 1. The fourth-order valence-electron chi connectivity index (χ4n) is 2.95. The number of amides is 1. The summed E-state index contributed by atoms with van der Waals surface area (Å²) < 4.78 is 0. The Morgan fingerprint density at radius 1 is 1.12 bits per heavy atom. The van der Waals surface area contributed by atoms with E-state index in [1.807, 2.05) is 62.4 Å². The lowest BCUT2D eigenvalue weighted by Crippen LogP contribution is -2.93. The zero-order valence-electron chi connectivity index (χ0n) is 15.3. The molecule has 0 radical (unpaired) electrons. The molecule has 138 valence electrons. The molecule has 0 bridgehead atoms. The van der Waals surface area contributed by atoms with Crippen molar-refractivity contribution in [2.24, 2.45) is 0 Å². The lowest BCUT2D eigenvalue weighted by Gasteiger charge is -2.18. The van der Waals surface area contributed by atoms with E-state index >= 15 is 0 Å². The van der Waals surface area contributed by atoms with E-state index in [0.717, 1.165) is 35.2 Å². The lowest BCUT2D eigenvalue weighted by atomic mass is 10.1. The largest absolute Gasteiger partial charge is 0.544 e. The molecule has 0 aliphatic carbocycles. The minimum atomic E-state index is -1.21. The maximum atomic E-state index is 12.4. The number of rotatable bonds is 9. The molecular weight excluding hydrogens is 328 g/mol. The fraction of sp³-hybridized carbons (Fsp3) is 0.333. The molecule has 1 atom stereocenters. The van der Waals surface area contributed by atoms with Gasteiger partial charge in [0.05, 0.1) is 18.9 Å². The van der Waals surface area contributed by atoms with Crippen molar-refractivity contribution in [3.05, 3.63) is 65.2 Å². The second-order valence-corrected chi connectivity index (χ2v) is 6.40. The van der Waals surface area contributed by atoms with E-state index < -0.39 is 12.0 Å². The summed E-state index contributed by atoms with van der Waals surface area (Å²) in [5.41, 5.74) is 3.92. The molecule has 0 aliphatic rings. The Balaban J connectivity index is 1.92. The Hall–Kier alpha value is -2.66. The quantitative estimate of drug-likeness (QED) is 0.699. The van der Waals surface area contributed by atoms with Crippen LogP contribution in [-0.2, 0) is 22.4 Å². The molecule has 2 aromatic rings. The maximum Gasteiger partial charge on any atom is 0.230 e. The molecule has 0 spiro atoms. The number of carbonyl (C=O) groups excluding carboxylic acids is 2. The third-order valence-electron chi connectivity index (χ3n) is 4.44. The highest BCUT2D eigenvalue weighted by Crippen LogP contribution is 2.21. The highest BCUT2D eigenvalue weighted by Gasteiger charge is 2.19. The van der Waals surface area contributed by atoms with Crippen LogP contribution in [0.3, 0.4) is 0 Å². The Kier molecular flexibility index (Phi) is 7.36. The van der Waals surface area contributed by atoms with Gasteiger partial charge in [-0.15, -0.1) is 0 Å². The van der Waals surface area contributed by atoms with Crippen molar-refractivity contribution in [2.75, 3.05) is 11.9 Å². The summed E-state index contributed by atoms with van der Waals surface area (Å²) in [6.45, 7) is 4.53. The van der Waals surface area contributed by atoms with Gasteiger partial charge in [-0.3, -0.25) is 4.79 Å². The first-order valence-electron chi connectivity index (χ1n) is 8.97. The Labute approximate surface area is 154 Å². The zero-order valence-corrected chi connectivity index (χ0v) is 15.3. The number of para-hydroxylation sites is 1. The summed E-state index contributed by atoms with van der Waals surface area (Å²) in [4.78, 5) is 23.8. The van der Waals surface area contributed by atoms with E-state index in [1.54, 1.807) is 5.32 Å². The van der Waals surface area contributed by atoms with Gasteiger partial charge in [0.2, 0.25) is 5.91 Å². The van der Waals surface area contributed by atoms with Crippen molar-refractivity contribution in [3.63, 3.8) is 0 Å². The summed E-state index contributed by atoms with van der Waals surface area (Å²) >= 11 is 0. The molecule has 2 aromatic carbocycles. The summed E-state index contributed by atoms with van der Waals surface area (Å²) in [5, 5.41) is 15.9. The number of benzene rings is 2. The third kappa shape index (κ3) is 5.70. The summed E-state index contributed by atoms with van der Waals surface area (Å²) in [5.74, 6) is -1.52. The predicted octanol–water partition coefficient (Wildman–Crippen LogP) is 0.811. The van der Waals surface area contributed by atoms with Crippen molar-refractivity contribution in [1.29, 1.82) is 0 Å². The fourth-order valence-corrected chi connectivity index (χ4v) is 2.95. The van der Waals surface area contributed by atoms with Crippen molar-refractivity contribution in [3.8, 4) is 0 Å². The van der Waals surface area contributed by atoms with Crippen LogP contribution in [0.2, 0.25) is 0 Å². The van der Waals surface area contributed by atoms with Gasteiger partial charge in [-0.25, -0.2) is 0 Å². The van der Waals surface area contributed by atoms with Crippen molar-refractivity contribution >= 4 is 17.6 Å². The number of carboxylic acids is 1. The monoisotopic (exact) mass is 354 g/mol. The first kappa shape index (κ1) is 19.7. The molecule has 0 unspecified atom stereocenters. The second-order valence-electron chi connectivity index (χ2n) is 6.40. The van der Waals surface area contributed by atoms with E-state index in [1.165, 1.54) is 0 Å². The van der Waals surface area contributed by atoms with E-state index in [2.05, 4.69) is 5.32 Å². The molecule has 1 amide bonds. The average molecular weight is 354 g/mol. The van der Waals surface area contributed by atoms with Gasteiger partial charge in [0, 0.05) is 12.1 Å². The number of carboxylic acid groups (broad SMARTS) is 1. The highest BCUT2D eigenvalue weighted by atomic mass is 16.4. The number of hydrogen-bond acceptors (Lipinski definition) is 3. The lowest BCUT2D eigenvalue weighted by molar-refractivity contribution is -0.682.